The number of aryl methyl sites for hydroxylation is 2. The molecule has 0 aliphatic rings. The predicted octanol–water partition coefficient (Wildman–Crippen LogP) is 3.15. The molecule has 0 aliphatic carbocycles. The number of anilines is 3. The van der Waals surface area contributed by atoms with Gasteiger partial charge in [0, 0.05) is 32.0 Å². The van der Waals surface area contributed by atoms with Gasteiger partial charge in [-0.1, -0.05) is 17.7 Å². The first-order valence-electron chi connectivity index (χ1n) is 8.63. The number of hydrogen-bond acceptors (Lipinski definition) is 5. The topological polar surface area (TPSA) is 96.6 Å². The fourth-order valence-corrected chi connectivity index (χ4v) is 3.29. The van der Waals surface area contributed by atoms with E-state index in [4.69, 9.17) is 4.42 Å². The first-order chi connectivity index (χ1) is 13.6. The van der Waals surface area contributed by atoms with Crippen LogP contribution in [0.3, 0.4) is 0 Å². The lowest BCUT2D eigenvalue weighted by molar-refractivity contribution is 0.520. The smallest absolute Gasteiger partial charge is 0.301 e. The molecule has 0 amide bonds. The molecule has 0 spiro atoms. The Morgan fingerprint density at radius 3 is 2.45 bits per heavy atom. The summed E-state index contributed by atoms with van der Waals surface area (Å²) in [5, 5.41) is 2.85. The third-order valence-electron chi connectivity index (χ3n) is 4.26. The van der Waals surface area contributed by atoms with Crippen LogP contribution in [0.1, 0.15) is 11.1 Å². The fraction of sp³-hybridized carbons (Fsp3) is 0.211. The lowest BCUT2D eigenvalue weighted by atomic mass is 10.1. The van der Waals surface area contributed by atoms with Crippen molar-refractivity contribution in [2.75, 3.05) is 24.1 Å². The summed E-state index contributed by atoms with van der Waals surface area (Å²) in [6.45, 7) is 3.74. The molecule has 2 aromatic heterocycles. The van der Waals surface area contributed by atoms with Gasteiger partial charge < -0.3 is 9.73 Å². The standard InChI is InChI=1S/C19H21FN4O4S/c1-12-7-8-14(13(2)10-12)21-18-15(22-29(26,27)23(3)4)11-24(19(25)17(18)20)16-6-5-9-28-16/h5-11,21-22H,1-4H3. The number of furan rings is 1. The minimum atomic E-state index is -3.97. The molecule has 3 aromatic rings. The molecule has 2 N–H and O–H groups in total. The highest BCUT2D eigenvalue weighted by atomic mass is 32.2. The van der Waals surface area contributed by atoms with Crippen LogP contribution in [0.25, 0.3) is 5.88 Å². The number of pyridine rings is 1. The molecule has 1 aromatic carbocycles. The van der Waals surface area contributed by atoms with Crippen molar-refractivity contribution in [1.29, 1.82) is 0 Å². The predicted molar refractivity (Wildman–Crippen MR) is 110 cm³/mol. The zero-order chi connectivity index (χ0) is 21.3. The van der Waals surface area contributed by atoms with Gasteiger partial charge in [-0.15, -0.1) is 0 Å². The second-order valence-electron chi connectivity index (χ2n) is 6.69. The Morgan fingerprint density at radius 2 is 1.86 bits per heavy atom. The molecule has 0 atom stereocenters. The Hall–Kier alpha value is -3.11. The fourth-order valence-electron chi connectivity index (χ4n) is 2.67. The van der Waals surface area contributed by atoms with E-state index in [0.717, 1.165) is 20.0 Å². The summed E-state index contributed by atoms with van der Waals surface area (Å²) >= 11 is 0. The highest BCUT2D eigenvalue weighted by molar-refractivity contribution is 7.90. The Balaban J connectivity index is 2.20. The number of rotatable bonds is 6. The lowest BCUT2D eigenvalue weighted by Crippen LogP contribution is -2.31. The summed E-state index contributed by atoms with van der Waals surface area (Å²) in [5.41, 5.74) is 0.939. The van der Waals surface area contributed by atoms with Crippen LogP contribution in [0.4, 0.5) is 21.5 Å². The lowest BCUT2D eigenvalue weighted by Gasteiger charge is -2.19. The van der Waals surface area contributed by atoms with Crippen molar-refractivity contribution in [3.63, 3.8) is 0 Å². The number of nitrogens with one attached hydrogen (secondary N) is 2. The van der Waals surface area contributed by atoms with Crippen molar-refractivity contribution in [1.82, 2.24) is 8.87 Å². The van der Waals surface area contributed by atoms with E-state index in [-0.39, 0.29) is 17.3 Å². The van der Waals surface area contributed by atoms with Gasteiger partial charge in [0.25, 0.3) is 5.56 Å². The van der Waals surface area contributed by atoms with E-state index in [0.29, 0.717) is 5.69 Å². The van der Waals surface area contributed by atoms with Crippen LogP contribution < -0.4 is 15.6 Å². The summed E-state index contributed by atoms with van der Waals surface area (Å²) < 4.78 is 49.1. The molecule has 154 valence electrons. The maximum Gasteiger partial charge on any atom is 0.301 e. The van der Waals surface area contributed by atoms with Gasteiger partial charge >= 0.3 is 10.2 Å². The first-order valence-corrected chi connectivity index (χ1v) is 10.1. The van der Waals surface area contributed by atoms with E-state index in [2.05, 4.69) is 10.0 Å². The second-order valence-corrected chi connectivity index (χ2v) is 8.58. The average molecular weight is 420 g/mol. The Kier molecular flexibility index (Phi) is 5.49. The quantitative estimate of drug-likeness (QED) is 0.639. The van der Waals surface area contributed by atoms with Gasteiger partial charge in [-0.2, -0.15) is 17.1 Å². The molecule has 0 aliphatic heterocycles. The van der Waals surface area contributed by atoms with Crippen molar-refractivity contribution < 1.29 is 17.2 Å². The summed E-state index contributed by atoms with van der Waals surface area (Å²) in [6.07, 6.45) is 2.50. The Morgan fingerprint density at radius 1 is 1.14 bits per heavy atom. The molecule has 0 radical (unpaired) electrons. The summed E-state index contributed by atoms with van der Waals surface area (Å²) in [4.78, 5) is 12.6. The number of halogens is 1. The molecule has 0 unspecified atom stereocenters. The molecule has 0 fully saturated rings. The van der Waals surface area contributed by atoms with Crippen LogP contribution >= 0.6 is 0 Å². The molecule has 2 heterocycles. The summed E-state index contributed by atoms with van der Waals surface area (Å²) in [7, 11) is -1.30. The molecular formula is C19H21FN4O4S. The van der Waals surface area contributed by atoms with Crippen molar-refractivity contribution in [3.05, 3.63) is 70.1 Å². The maximum absolute atomic E-state index is 15.1. The first kappa shape index (κ1) is 20.6. The molecule has 10 heteroatoms. The van der Waals surface area contributed by atoms with E-state index in [1.54, 1.807) is 6.07 Å². The van der Waals surface area contributed by atoms with Gasteiger partial charge in [-0.05, 0) is 31.5 Å². The normalized spacial score (nSPS) is 11.7. The van der Waals surface area contributed by atoms with Gasteiger partial charge in [0.1, 0.15) is 5.69 Å². The highest BCUT2D eigenvalue weighted by Gasteiger charge is 2.23. The van der Waals surface area contributed by atoms with E-state index < -0.39 is 21.6 Å². The van der Waals surface area contributed by atoms with Gasteiger partial charge in [-0.25, -0.2) is 4.57 Å². The number of aromatic nitrogens is 1. The minimum absolute atomic E-state index is 0.0530. The summed E-state index contributed by atoms with van der Waals surface area (Å²) in [5.74, 6) is -1.10. The molecular weight excluding hydrogens is 399 g/mol. The monoisotopic (exact) mass is 420 g/mol. The van der Waals surface area contributed by atoms with Crippen LogP contribution in [0.15, 0.2) is 52.0 Å². The van der Waals surface area contributed by atoms with Crippen LogP contribution in [0, 0.1) is 19.7 Å². The van der Waals surface area contributed by atoms with Crippen LogP contribution in [0.5, 0.6) is 0 Å². The third-order valence-corrected chi connectivity index (χ3v) is 5.70. The molecule has 0 saturated carbocycles. The third kappa shape index (κ3) is 4.17. The van der Waals surface area contributed by atoms with Crippen molar-refractivity contribution in [2.24, 2.45) is 0 Å². The van der Waals surface area contributed by atoms with Crippen molar-refractivity contribution >= 4 is 27.3 Å². The molecule has 8 nitrogen and oxygen atoms in total. The zero-order valence-electron chi connectivity index (χ0n) is 16.4. The zero-order valence-corrected chi connectivity index (χ0v) is 17.2. The van der Waals surface area contributed by atoms with E-state index in [1.807, 2.05) is 26.0 Å². The molecule has 3 rings (SSSR count). The van der Waals surface area contributed by atoms with Crippen molar-refractivity contribution in [3.8, 4) is 5.88 Å². The Labute approximate surface area is 167 Å². The van der Waals surface area contributed by atoms with Gasteiger partial charge in [-0.3, -0.25) is 9.52 Å². The maximum atomic E-state index is 15.1. The second kappa shape index (κ2) is 7.72. The molecule has 0 bridgehead atoms. The minimum Gasteiger partial charge on any atom is -0.448 e. The van der Waals surface area contributed by atoms with Crippen LogP contribution in [-0.2, 0) is 10.2 Å². The van der Waals surface area contributed by atoms with Gasteiger partial charge in [0.15, 0.2) is 0 Å². The molecule has 29 heavy (non-hydrogen) atoms. The number of nitrogens with zero attached hydrogens (tertiary/aromatic N) is 2. The van der Waals surface area contributed by atoms with Crippen molar-refractivity contribution in [2.45, 2.75) is 13.8 Å². The Bertz CT molecular complexity index is 1200. The van der Waals surface area contributed by atoms with E-state index in [9.17, 15) is 13.2 Å². The molecule has 0 saturated heterocycles. The number of benzene rings is 1. The SMILES string of the molecule is Cc1ccc(Nc2c(NS(=O)(=O)N(C)C)cn(-c3ccco3)c(=O)c2F)c(C)c1. The van der Waals surface area contributed by atoms with Gasteiger partial charge in [0.2, 0.25) is 11.7 Å². The summed E-state index contributed by atoms with van der Waals surface area (Å²) in [6, 6.07) is 8.43. The van der Waals surface area contributed by atoms with E-state index in [1.165, 1.54) is 38.7 Å². The average Bonchev–Trinajstić information content (AvgIpc) is 3.17. The van der Waals surface area contributed by atoms with Crippen LogP contribution in [-0.4, -0.2) is 31.4 Å². The van der Waals surface area contributed by atoms with E-state index >= 15 is 4.39 Å². The van der Waals surface area contributed by atoms with Crippen LogP contribution in [0.2, 0.25) is 0 Å². The van der Waals surface area contributed by atoms with Gasteiger partial charge in [0.05, 0.1) is 12.0 Å². The highest BCUT2D eigenvalue weighted by Crippen LogP contribution is 2.30. The largest absolute Gasteiger partial charge is 0.448 e. The number of hydrogen-bond donors (Lipinski definition) is 2.